The van der Waals surface area contributed by atoms with Crippen LogP contribution in [0.25, 0.3) is 27.6 Å². The number of aryl methyl sites for hydroxylation is 1. The molecule has 0 N–H and O–H groups in total. The maximum atomic E-state index is 13.0. The molecule has 0 aliphatic carbocycles. The van der Waals surface area contributed by atoms with E-state index in [-0.39, 0.29) is 11.3 Å². The molecule has 28 heavy (non-hydrogen) atoms. The zero-order valence-corrected chi connectivity index (χ0v) is 15.0. The Balaban J connectivity index is 2.16. The fourth-order valence-corrected chi connectivity index (χ4v) is 3.41. The molecule has 8 heteroatoms. The molecule has 0 radical (unpaired) electrons. The second-order valence-electron chi connectivity index (χ2n) is 6.26. The van der Waals surface area contributed by atoms with Gasteiger partial charge in [-0.1, -0.05) is 0 Å². The molecule has 0 spiro atoms. The Morgan fingerprint density at radius 3 is 2.43 bits per heavy atom. The van der Waals surface area contributed by atoms with Crippen molar-refractivity contribution in [2.24, 2.45) is 7.05 Å². The zero-order valence-electron chi connectivity index (χ0n) is 15.0. The van der Waals surface area contributed by atoms with E-state index in [2.05, 4.69) is 0 Å². The molecule has 0 aliphatic rings. The highest BCUT2D eigenvalue weighted by Gasteiger charge is 2.18. The molecule has 2 heterocycles. The van der Waals surface area contributed by atoms with Crippen LogP contribution in [0, 0.1) is 21.4 Å². The van der Waals surface area contributed by atoms with Gasteiger partial charge < -0.3 is 9.30 Å². The fourth-order valence-electron chi connectivity index (χ4n) is 3.41. The van der Waals surface area contributed by atoms with Gasteiger partial charge in [-0.3, -0.25) is 19.5 Å². The van der Waals surface area contributed by atoms with Crippen LogP contribution in [-0.4, -0.2) is 21.2 Å². The number of nitro groups is 1. The quantitative estimate of drug-likeness (QED) is 0.404. The highest BCUT2D eigenvalue weighted by molar-refractivity contribution is 6.07. The number of pyridine rings is 1. The van der Waals surface area contributed by atoms with Gasteiger partial charge in [0.15, 0.2) is 0 Å². The van der Waals surface area contributed by atoms with Crippen LogP contribution in [-0.2, 0) is 7.05 Å². The van der Waals surface area contributed by atoms with Crippen molar-refractivity contribution in [3.63, 3.8) is 0 Å². The Labute approximate surface area is 158 Å². The molecule has 0 saturated carbocycles. The lowest BCUT2D eigenvalue weighted by Crippen LogP contribution is -2.21. The van der Waals surface area contributed by atoms with Gasteiger partial charge in [-0.05, 0) is 30.3 Å². The third-order valence-corrected chi connectivity index (χ3v) is 4.80. The Morgan fingerprint density at radius 1 is 1.11 bits per heavy atom. The number of benzene rings is 2. The van der Waals surface area contributed by atoms with Crippen LogP contribution in [0.4, 0.5) is 5.69 Å². The van der Waals surface area contributed by atoms with Crippen LogP contribution in [0.2, 0.25) is 0 Å². The first kappa shape index (κ1) is 17.3. The van der Waals surface area contributed by atoms with Crippen molar-refractivity contribution in [1.82, 2.24) is 9.13 Å². The largest absolute Gasteiger partial charge is 0.497 e. The van der Waals surface area contributed by atoms with Gasteiger partial charge >= 0.3 is 0 Å². The van der Waals surface area contributed by atoms with Crippen LogP contribution in [0.5, 0.6) is 5.75 Å². The Kier molecular flexibility index (Phi) is 3.86. The van der Waals surface area contributed by atoms with Crippen molar-refractivity contribution in [3.05, 3.63) is 74.6 Å². The molecule has 8 nitrogen and oxygen atoms in total. The summed E-state index contributed by atoms with van der Waals surface area (Å²) >= 11 is 0. The molecule has 0 saturated heterocycles. The predicted molar refractivity (Wildman–Crippen MR) is 104 cm³/mol. The number of nitro benzene ring substituents is 1. The minimum atomic E-state index is -0.502. The van der Waals surface area contributed by atoms with E-state index in [1.807, 2.05) is 29.8 Å². The van der Waals surface area contributed by atoms with Crippen LogP contribution >= 0.6 is 0 Å². The number of methoxy groups -OCH3 is 1. The Hall–Kier alpha value is -4.12. The third-order valence-electron chi connectivity index (χ3n) is 4.80. The highest BCUT2D eigenvalue weighted by Crippen LogP contribution is 2.32. The lowest BCUT2D eigenvalue weighted by Gasteiger charge is -2.09. The second-order valence-corrected chi connectivity index (χ2v) is 6.26. The van der Waals surface area contributed by atoms with Gasteiger partial charge in [-0.15, -0.1) is 0 Å². The third kappa shape index (κ3) is 2.41. The summed E-state index contributed by atoms with van der Waals surface area (Å²) in [6, 6.07) is 14.7. The van der Waals surface area contributed by atoms with E-state index in [1.54, 1.807) is 19.2 Å². The summed E-state index contributed by atoms with van der Waals surface area (Å²) in [7, 11) is 3.42. The molecular weight excluding hydrogens is 360 g/mol. The lowest BCUT2D eigenvalue weighted by molar-refractivity contribution is -0.384. The number of hydrogen-bond acceptors (Lipinski definition) is 5. The number of rotatable bonds is 3. The van der Waals surface area contributed by atoms with Crippen LogP contribution in [0.3, 0.4) is 0 Å². The van der Waals surface area contributed by atoms with Crippen molar-refractivity contribution in [2.75, 3.05) is 7.11 Å². The number of hydrogen-bond donors (Lipinski definition) is 0. The maximum Gasteiger partial charge on any atom is 0.273 e. The Bertz CT molecular complexity index is 1360. The number of non-ortho nitro benzene ring substituents is 1. The lowest BCUT2D eigenvalue weighted by atomic mass is 10.1. The smallest absolute Gasteiger partial charge is 0.273 e. The molecule has 0 atom stereocenters. The summed E-state index contributed by atoms with van der Waals surface area (Å²) in [6.45, 7) is 0. The number of nitriles is 1. The molecule has 0 amide bonds. The zero-order chi connectivity index (χ0) is 20.0. The van der Waals surface area contributed by atoms with E-state index < -0.39 is 10.5 Å². The second kappa shape index (κ2) is 6.25. The normalized spacial score (nSPS) is 10.9. The van der Waals surface area contributed by atoms with E-state index in [1.165, 1.54) is 28.8 Å². The monoisotopic (exact) mass is 374 g/mol. The topological polar surface area (TPSA) is 103 Å². The number of aromatic nitrogens is 2. The summed E-state index contributed by atoms with van der Waals surface area (Å²) in [5.74, 6) is 0.670. The molecule has 0 unspecified atom stereocenters. The van der Waals surface area contributed by atoms with Crippen LogP contribution < -0.4 is 10.3 Å². The first-order valence-electron chi connectivity index (χ1n) is 8.33. The fraction of sp³-hybridized carbons (Fsp3) is 0.100. The minimum absolute atomic E-state index is 0.0104. The average Bonchev–Trinajstić information content (AvgIpc) is 2.98. The van der Waals surface area contributed by atoms with E-state index in [9.17, 15) is 20.2 Å². The van der Waals surface area contributed by atoms with Crippen LogP contribution in [0.1, 0.15) is 5.56 Å². The summed E-state index contributed by atoms with van der Waals surface area (Å²) in [4.78, 5) is 23.4. The van der Waals surface area contributed by atoms with E-state index >= 15 is 0 Å². The van der Waals surface area contributed by atoms with Gasteiger partial charge in [0.25, 0.3) is 11.2 Å². The van der Waals surface area contributed by atoms with Gasteiger partial charge in [-0.2, -0.15) is 5.26 Å². The number of fused-ring (bicyclic) bond motifs is 3. The van der Waals surface area contributed by atoms with Crippen molar-refractivity contribution in [2.45, 2.75) is 0 Å². The molecule has 0 fully saturated rings. The van der Waals surface area contributed by atoms with Crippen molar-refractivity contribution < 1.29 is 9.66 Å². The van der Waals surface area contributed by atoms with E-state index in [4.69, 9.17) is 4.74 Å². The SMILES string of the molecule is COc1ccc2c3c(cc(C#N)c(=O)n3-c3ccc([N+](=O)[O-])cc3)n(C)c2c1. The average molecular weight is 374 g/mol. The van der Waals surface area contributed by atoms with Gasteiger partial charge in [0.2, 0.25) is 0 Å². The van der Waals surface area contributed by atoms with Gasteiger partial charge in [0.05, 0.1) is 28.6 Å². The van der Waals surface area contributed by atoms with Gasteiger partial charge in [-0.25, -0.2) is 0 Å². The highest BCUT2D eigenvalue weighted by atomic mass is 16.6. The molecule has 0 bridgehead atoms. The molecule has 2 aromatic heterocycles. The summed E-state index contributed by atoms with van der Waals surface area (Å²) in [6.07, 6.45) is 0. The van der Waals surface area contributed by atoms with Crippen molar-refractivity contribution in [3.8, 4) is 17.5 Å². The standard InChI is InChI=1S/C20H14N4O4/c1-22-17-10-15(28-2)7-8-16(17)19-18(22)9-12(11-21)20(25)23(19)13-3-5-14(6-4-13)24(26)27/h3-10H,1-2H3. The molecule has 4 aromatic rings. The number of nitrogens with zero attached hydrogens (tertiary/aromatic N) is 4. The van der Waals surface area contributed by atoms with E-state index in [0.29, 0.717) is 22.5 Å². The van der Waals surface area contributed by atoms with Crippen molar-refractivity contribution in [1.29, 1.82) is 5.26 Å². The molecule has 138 valence electrons. The molecule has 4 rings (SSSR count). The van der Waals surface area contributed by atoms with Gasteiger partial charge in [0.1, 0.15) is 17.4 Å². The predicted octanol–water partition coefficient (Wildman–Crippen LogP) is 3.27. The Morgan fingerprint density at radius 2 is 1.82 bits per heavy atom. The molecule has 2 aromatic carbocycles. The van der Waals surface area contributed by atoms with Crippen LogP contribution in [0.15, 0.2) is 53.3 Å². The maximum absolute atomic E-state index is 13.0. The molecular formula is C20H14N4O4. The summed E-state index contributed by atoms with van der Waals surface area (Å²) < 4.78 is 8.60. The molecule has 0 aliphatic heterocycles. The first-order chi connectivity index (χ1) is 13.5. The number of ether oxygens (including phenoxy) is 1. The summed E-state index contributed by atoms with van der Waals surface area (Å²) in [5.41, 5.74) is 2.03. The minimum Gasteiger partial charge on any atom is -0.497 e. The summed E-state index contributed by atoms with van der Waals surface area (Å²) in [5, 5.41) is 21.2. The first-order valence-corrected chi connectivity index (χ1v) is 8.33. The van der Waals surface area contributed by atoms with Crippen molar-refractivity contribution >= 4 is 27.6 Å². The van der Waals surface area contributed by atoms with Gasteiger partial charge in [0, 0.05) is 36.3 Å². The van der Waals surface area contributed by atoms with E-state index in [0.717, 1.165) is 10.9 Å².